The fraction of sp³-hybridized carbons (Fsp3) is 0.654. The first kappa shape index (κ1) is 24.4. The summed E-state index contributed by atoms with van der Waals surface area (Å²) in [7, 11) is 0. The molecule has 0 amide bonds. The van der Waals surface area contributed by atoms with E-state index in [0.29, 0.717) is 25.0 Å². The van der Waals surface area contributed by atoms with Gasteiger partial charge in [0.2, 0.25) is 11.8 Å². The molecule has 6 nitrogen and oxygen atoms in total. The van der Waals surface area contributed by atoms with Crippen molar-refractivity contribution in [1.82, 2.24) is 15.2 Å². The van der Waals surface area contributed by atoms with Crippen LogP contribution in [0.1, 0.15) is 77.6 Å². The van der Waals surface area contributed by atoms with Crippen molar-refractivity contribution in [2.24, 2.45) is 5.92 Å². The van der Waals surface area contributed by atoms with Crippen molar-refractivity contribution in [3.05, 3.63) is 30.5 Å². The number of nitrogens with zero attached hydrogens (tertiary/aromatic N) is 3. The van der Waals surface area contributed by atoms with E-state index in [1.807, 2.05) is 24.3 Å². The Kier molecular flexibility index (Phi) is 11.3. The van der Waals surface area contributed by atoms with Gasteiger partial charge in [0.05, 0.1) is 18.9 Å². The normalized spacial score (nSPS) is 13.3. The molecule has 0 radical (unpaired) electrons. The van der Waals surface area contributed by atoms with E-state index < -0.39 is 0 Å². The van der Waals surface area contributed by atoms with Crippen LogP contribution in [-0.2, 0) is 4.74 Å². The number of hydrogen-bond acceptors (Lipinski definition) is 6. The van der Waals surface area contributed by atoms with Crippen molar-refractivity contribution in [2.45, 2.75) is 77.6 Å². The first-order valence-corrected chi connectivity index (χ1v) is 12.5. The van der Waals surface area contributed by atoms with Gasteiger partial charge in [-0.3, -0.25) is 0 Å². The number of pyridine rings is 1. The summed E-state index contributed by atoms with van der Waals surface area (Å²) in [5.41, 5.74) is 1.69. The number of ether oxygens (including phenoxy) is 3. The highest BCUT2D eigenvalue weighted by atomic mass is 16.5. The quantitative estimate of drug-likeness (QED) is 0.255. The summed E-state index contributed by atoms with van der Waals surface area (Å²) in [6.07, 6.45) is 15.4. The summed E-state index contributed by atoms with van der Waals surface area (Å²) < 4.78 is 17.0. The minimum absolute atomic E-state index is 0.582. The Balaban J connectivity index is 1.27. The Morgan fingerprint density at radius 3 is 2.19 bits per heavy atom. The van der Waals surface area contributed by atoms with Gasteiger partial charge in [-0.15, -0.1) is 10.2 Å². The van der Waals surface area contributed by atoms with Crippen LogP contribution in [0.15, 0.2) is 30.5 Å². The van der Waals surface area contributed by atoms with Crippen molar-refractivity contribution in [3.8, 4) is 23.0 Å². The standard InChI is InChI=1S/C26H39N3O3/c1-2-3-17-30-18-8-9-20-31-25-15-13-23(21-27-25)24-14-16-26(29-28-24)32-19-7-5-4-6-10-22-11-12-22/h13-16,21-22H,2-12,17-20H2,1H3. The third kappa shape index (κ3) is 9.94. The molecular weight excluding hydrogens is 402 g/mol. The van der Waals surface area contributed by atoms with E-state index in [1.54, 1.807) is 6.20 Å². The second kappa shape index (κ2) is 14.8. The zero-order valence-electron chi connectivity index (χ0n) is 19.6. The lowest BCUT2D eigenvalue weighted by molar-refractivity contribution is 0.123. The van der Waals surface area contributed by atoms with Crippen LogP contribution in [0.4, 0.5) is 0 Å². The van der Waals surface area contributed by atoms with Crippen LogP contribution < -0.4 is 9.47 Å². The summed E-state index contributed by atoms with van der Waals surface area (Å²) in [6, 6.07) is 7.64. The molecule has 2 aromatic rings. The Morgan fingerprint density at radius 2 is 1.47 bits per heavy atom. The third-order valence-corrected chi connectivity index (χ3v) is 5.70. The van der Waals surface area contributed by atoms with E-state index in [2.05, 4.69) is 22.1 Å². The zero-order valence-corrected chi connectivity index (χ0v) is 19.6. The highest BCUT2D eigenvalue weighted by Crippen LogP contribution is 2.34. The molecule has 32 heavy (non-hydrogen) atoms. The van der Waals surface area contributed by atoms with Gasteiger partial charge in [-0.05, 0) is 43.7 Å². The maximum Gasteiger partial charge on any atom is 0.233 e. The van der Waals surface area contributed by atoms with Crippen LogP contribution in [0, 0.1) is 5.92 Å². The van der Waals surface area contributed by atoms with Crippen LogP contribution in [0.5, 0.6) is 11.8 Å². The van der Waals surface area contributed by atoms with Crippen molar-refractivity contribution in [1.29, 1.82) is 0 Å². The van der Waals surface area contributed by atoms with E-state index in [0.717, 1.165) is 56.1 Å². The summed E-state index contributed by atoms with van der Waals surface area (Å²) in [5, 5.41) is 8.48. The summed E-state index contributed by atoms with van der Waals surface area (Å²) in [4.78, 5) is 4.38. The van der Waals surface area contributed by atoms with Gasteiger partial charge < -0.3 is 14.2 Å². The molecule has 1 saturated carbocycles. The van der Waals surface area contributed by atoms with Crippen molar-refractivity contribution >= 4 is 0 Å². The number of unbranched alkanes of at least 4 members (excludes halogenated alkanes) is 5. The van der Waals surface area contributed by atoms with Gasteiger partial charge in [0, 0.05) is 37.1 Å². The van der Waals surface area contributed by atoms with Gasteiger partial charge >= 0.3 is 0 Å². The van der Waals surface area contributed by atoms with E-state index in [9.17, 15) is 0 Å². The average molecular weight is 442 g/mol. The molecule has 0 aliphatic heterocycles. The highest BCUT2D eigenvalue weighted by molar-refractivity contribution is 5.57. The Morgan fingerprint density at radius 1 is 0.750 bits per heavy atom. The van der Waals surface area contributed by atoms with Crippen LogP contribution in [0.2, 0.25) is 0 Å². The van der Waals surface area contributed by atoms with Crippen LogP contribution >= 0.6 is 0 Å². The molecule has 2 heterocycles. The molecule has 0 bridgehead atoms. The molecular formula is C26H39N3O3. The van der Waals surface area contributed by atoms with Crippen LogP contribution in [0.25, 0.3) is 11.3 Å². The predicted molar refractivity (Wildman–Crippen MR) is 127 cm³/mol. The van der Waals surface area contributed by atoms with Gasteiger partial charge in [0.15, 0.2) is 0 Å². The molecule has 0 unspecified atom stereocenters. The second-order valence-electron chi connectivity index (χ2n) is 8.66. The molecule has 1 aliphatic carbocycles. The first-order valence-electron chi connectivity index (χ1n) is 12.5. The minimum Gasteiger partial charge on any atom is -0.478 e. The monoisotopic (exact) mass is 441 g/mol. The maximum absolute atomic E-state index is 5.73. The first-order chi connectivity index (χ1) is 15.8. The van der Waals surface area contributed by atoms with E-state index in [-0.39, 0.29) is 0 Å². The van der Waals surface area contributed by atoms with Gasteiger partial charge in [0.1, 0.15) is 0 Å². The fourth-order valence-corrected chi connectivity index (χ4v) is 3.47. The Bertz CT molecular complexity index is 733. The Hall–Kier alpha value is -2.21. The molecule has 0 N–H and O–H groups in total. The van der Waals surface area contributed by atoms with Gasteiger partial charge in [-0.25, -0.2) is 4.98 Å². The Labute approximate surface area is 193 Å². The lowest BCUT2D eigenvalue weighted by Gasteiger charge is -2.07. The molecule has 1 fully saturated rings. The van der Waals surface area contributed by atoms with Crippen molar-refractivity contribution < 1.29 is 14.2 Å². The molecule has 1 aliphatic rings. The molecule has 0 aromatic carbocycles. The molecule has 176 valence electrons. The van der Waals surface area contributed by atoms with Gasteiger partial charge in [0.25, 0.3) is 0 Å². The number of hydrogen-bond donors (Lipinski definition) is 0. The van der Waals surface area contributed by atoms with Crippen molar-refractivity contribution in [2.75, 3.05) is 26.4 Å². The average Bonchev–Trinajstić information content (AvgIpc) is 3.65. The molecule has 0 spiro atoms. The van der Waals surface area contributed by atoms with E-state index >= 15 is 0 Å². The highest BCUT2D eigenvalue weighted by Gasteiger charge is 2.19. The van der Waals surface area contributed by atoms with Crippen LogP contribution in [0.3, 0.4) is 0 Å². The predicted octanol–water partition coefficient (Wildman–Crippen LogP) is 6.25. The summed E-state index contributed by atoms with van der Waals surface area (Å²) in [6.45, 7) is 5.18. The van der Waals surface area contributed by atoms with E-state index in [1.165, 1.54) is 44.9 Å². The molecule has 3 rings (SSSR count). The van der Waals surface area contributed by atoms with Crippen LogP contribution in [-0.4, -0.2) is 41.6 Å². The van der Waals surface area contributed by atoms with Crippen molar-refractivity contribution in [3.63, 3.8) is 0 Å². The minimum atomic E-state index is 0.582. The number of rotatable bonds is 18. The fourth-order valence-electron chi connectivity index (χ4n) is 3.47. The molecule has 0 saturated heterocycles. The molecule has 6 heteroatoms. The second-order valence-corrected chi connectivity index (χ2v) is 8.66. The maximum atomic E-state index is 5.73. The molecule has 0 atom stereocenters. The SMILES string of the molecule is CCCCOCCCCOc1ccc(-c2ccc(OCCCCCCC3CC3)nn2)cn1. The largest absolute Gasteiger partial charge is 0.478 e. The van der Waals surface area contributed by atoms with Gasteiger partial charge in [-0.1, -0.05) is 51.9 Å². The topological polar surface area (TPSA) is 66.4 Å². The third-order valence-electron chi connectivity index (χ3n) is 5.70. The molecule has 2 aromatic heterocycles. The lowest BCUT2D eigenvalue weighted by atomic mass is 10.1. The van der Waals surface area contributed by atoms with E-state index in [4.69, 9.17) is 14.2 Å². The smallest absolute Gasteiger partial charge is 0.233 e. The van der Waals surface area contributed by atoms with Gasteiger partial charge in [-0.2, -0.15) is 0 Å². The zero-order chi connectivity index (χ0) is 22.3. The lowest BCUT2D eigenvalue weighted by Crippen LogP contribution is -2.03. The summed E-state index contributed by atoms with van der Waals surface area (Å²) >= 11 is 0. The summed E-state index contributed by atoms with van der Waals surface area (Å²) in [5.74, 6) is 2.26. The number of aromatic nitrogens is 3.